The zero-order chi connectivity index (χ0) is 15.1. The fourth-order valence-electron chi connectivity index (χ4n) is 3.31. The van der Waals surface area contributed by atoms with Crippen LogP contribution in [0.3, 0.4) is 0 Å². The quantitative estimate of drug-likeness (QED) is 0.875. The van der Waals surface area contributed by atoms with Gasteiger partial charge in [0.1, 0.15) is 0 Å². The number of carboxylic acid groups (broad SMARTS) is 1. The van der Waals surface area contributed by atoms with Gasteiger partial charge >= 0.3 is 5.97 Å². The first kappa shape index (κ1) is 14.5. The number of anilines is 1. The van der Waals surface area contributed by atoms with Crippen molar-refractivity contribution in [1.82, 2.24) is 0 Å². The number of benzene rings is 1. The van der Waals surface area contributed by atoms with Crippen molar-refractivity contribution in [2.24, 2.45) is 11.8 Å². The second kappa shape index (κ2) is 5.42. The summed E-state index contributed by atoms with van der Waals surface area (Å²) in [5.41, 5.74) is 1.63. The molecule has 1 amide bonds. The molecule has 0 aliphatic carbocycles. The number of aliphatic carboxylic acids is 1. The van der Waals surface area contributed by atoms with Crippen LogP contribution in [0.15, 0.2) is 22.7 Å². The topological polar surface area (TPSA) is 75.6 Å². The third-order valence-electron chi connectivity index (χ3n) is 4.31. The molecule has 2 bridgehead atoms. The smallest absolute Gasteiger partial charge is 0.310 e. The number of halogens is 1. The maximum Gasteiger partial charge on any atom is 0.310 e. The Morgan fingerprint density at radius 1 is 1.29 bits per heavy atom. The third-order valence-corrected chi connectivity index (χ3v) is 4.80. The molecule has 2 heterocycles. The minimum absolute atomic E-state index is 0.264. The summed E-state index contributed by atoms with van der Waals surface area (Å²) in [4.78, 5) is 23.9. The molecule has 2 saturated heterocycles. The summed E-state index contributed by atoms with van der Waals surface area (Å²) in [7, 11) is 0. The Kier molecular flexibility index (Phi) is 3.75. The molecule has 0 unspecified atom stereocenters. The highest BCUT2D eigenvalue weighted by molar-refractivity contribution is 9.10. The van der Waals surface area contributed by atoms with Gasteiger partial charge in [0, 0.05) is 10.2 Å². The average Bonchev–Trinajstić information content (AvgIpc) is 3.02. The fourth-order valence-corrected chi connectivity index (χ4v) is 3.78. The lowest BCUT2D eigenvalue weighted by Gasteiger charge is -2.24. The second-order valence-corrected chi connectivity index (χ2v) is 6.54. The maximum atomic E-state index is 12.5. The molecule has 1 aromatic carbocycles. The van der Waals surface area contributed by atoms with Crippen molar-refractivity contribution in [2.45, 2.75) is 32.0 Å². The first-order valence-electron chi connectivity index (χ1n) is 6.92. The van der Waals surface area contributed by atoms with Gasteiger partial charge in [-0.3, -0.25) is 9.59 Å². The van der Waals surface area contributed by atoms with Crippen LogP contribution in [0, 0.1) is 18.8 Å². The van der Waals surface area contributed by atoms with E-state index in [0.717, 1.165) is 22.9 Å². The van der Waals surface area contributed by atoms with Crippen molar-refractivity contribution in [3.05, 3.63) is 28.2 Å². The summed E-state index contributed by atoms with van der Waals surface area (Å²) >= 11 is 3.37. The van der Waals surface area contributed by atoms with Crippen molar-refractivity contribution >= 4 is 33.5 Å². The summed E-state index contributed by atoms with van der Waals surface area (Å²) < 4.78 is 6.55. The molecule has 21 heavy (non-hydrogen) atoms. The zero-order valence-electron chi connectivity index (χ0n) is 11.5. The van der Waals surface area contributed by atoms with Crippen LogP contribution in [0.5, 0.6) is 0 Å². The summed E-state index contributed by atoms with van der Waals surface area (Å²) in [6.45, 7) is 1.90. The van der Waals surface area contributed by atoms with Crippen molar-refractivity contribution in [3.63, 3.8) is 0 Å². The molecule has 2 aliphatic rings. The number of fused-ring (bicyclic) bond motifs is 2. The Morgan fingerprint density at radius 3 is 2.57 bits per heavy atom. The third kappa shape index (κ3) is 2.58. The van der Waals surface area contributed by atoms with Gasteiger partial charge in [0.25, 0.3) is 0 Å². The Balaban J connectivity index is 1.80. The van der Waals surface area contributed by atoms with Gasteiger partial charge < -0.3 is 15.2 Å². The molecule has 6 heteroatoms. The van der Waals surface area contributed by atoms with Gasteiger partial charge in [-0.2, -0.15) is 0 Å². The SMILES string of the molecule is Cc1cc(Br)ccc1NC(=O)[C@@H]1[C@@H](C(=O)O)[C@H]2CC[C@H]1O2. The lowest BCUT2D eigenvalue weighted by molar-refractivity contribution is -0.147. The normalized spacial score (nSPS) is 30.4. The van der Waals surface area contributed by atoms with E-state index < -0.39 is 17.8 Å². The summed E-state index contributed by atoms with van der Waals surface area (Å²) in [5, 5.41) is 12.2. The van der Waals surface area contributed by atoms with Gasteiger partial charge in [-0.15, -0.1) is 0 Å². The van der Waals surface area contributed by atoms with E-state index in [1.807, 2.05) is 19.1 Å². The minimum atomic E-state index is -0.949. The number of hydrogen-bond acceptors (Lipinski definition) is 3. The van der Waals surface area contributed by atoms with Crippen LogP contribution < -0.4 is 5.32 Å². The Labute approximate surface area is 130 Å². The molecule has 2 N–H and O–H groups in total. The standard InChI is InChI=1S/C15H16BrNO4/c1-7-6-8(16)2-3-9(7)17-14(18)12-10-4-5-11(21-10)13(12)15(19)20/h2-3,6,10-13H,4-5H2,1H3,(H,17,18)(H,19,20)/t10-,11-,12+,13+/m1/s1. The number of rotatable bonds is 3. The Morgan fingerprint density at radius 2 is 1.95 bits per heavy atom. The van der Waals surface area contributed by atoms with Gasteiger partial charge in [0.2, 0.25) is 5.91 Å². The number of hydrogen-bond donors (Lipinski definition) is 2. The summed E-state index contributed by atoms with van der Waals surface area (Å²) in [6.07, 6.45) is 0.885. The number of nitrogens with one attached hydrogen (secondary N) is 1. The van der Waals surface area contributed by atoms with Gasteiger partial charge in [-0.05, 0) is 43.5 Å². The molecule has 112 valence electrons. The molecule has 2 fully saturated rings. The van der Waals surface area contributed by atoms with Crippen LogP contribution in [0.1, 0.15) is 18.4 Å². The number of carbonyl (C=O) groups is 2. The van der Waals surface area contributed by atoms with Gasteiger partial charge in [0.15, 0.2) is 0 Å². The second-order valence-electron chi connectivity index (χ2n) is 5.63. The Hall–Kier alpha value is -1.40. The van der Waals surface area contributed by atoms with Crippen LogP contribution in [0.25, 0.3) is 0 Å². The highest BCUT2D eigenvalue weighted by Gasteiger charge is 2.55. The van der Waals surface area contributed by atoms with E-state index in [1.165, 1.54) is 0 Å². The number of ether oxygens (including phenoxy) is 1. The molecule has 0 saturated carbocycles. The predicted octanol–water partition coefficient (Wildman–Crippen LogP) is 2.57. The zero-order valence-corrected chi connectivity index (χ0v) is 13.1. The minimum Gasteiger partial charge on any atom is -0.481 e. The maximum absolute atomic E-state index is 12.5. The van der Waals surface area contributed by atoms with Crippen molar-refractivity contribution in [1.29, 1.82) is 0 Å². The van der Waals surface area contributed by atoms with Crippen LogP contribution >= 0.6 is 15.9 Å². The highest BCUT2D eigenvalue weighted by Crippen LogP contribution is 2.44. The lowest BCUT2D eigenvalue weighted by atomic mass is 9.78. The van der Waals surface area contributed by atoms with Crippen LogP contribution in [-0.2, 0) is 14.3 Å². The highest BCUT2D eigenvalue weighted by atomic mass is 79.9. The molecule has 5 nitrogen and oxygen atoms in total. The molecule has 0 radical (unpaired) electrons. The average molecular weight is 354 g/mol. The molecular formula is C15H16BrNO4. The van der Waals surface area contributed by atoms with Crippen molar-refractivity contribution < 1.29 is 19.4 Å². The molecule has 3 rings (SSSR count). The molecular weight excluding hydrogens is 338 g/mol. The lowest BCUT2D eigenvalue weighted by Crippen LogP contribution is -2.41. The van der Waals surface area contributed by atoms with E-state index in [1.54, 1.807) is 6.07 Å². The summed E-state index contributed by atoms with van der Waals surface area (Å²) in [5.74, 6) is -2.56. The van der Waals surface area contributed by atoms with Crippen molar-refractivity contribution in [3.8, 4) is 0 Å². The van der Waals surface area contributed by atoms with Crippen molar-refractivity contribution in [2.75, 3.05) is 5.32 Å². The molecule has 1 aromatic rings. The van der Waals surface area contributed by atoms with Crippen LogP contribution in [0.4, 0.5) is 5.69 Å². The number of carbonyl (C=O) groups excluding carboxylic acids is 1. The largest absolute Gasteiger partial charge is 0.481 e. The van der Waals surface area contributed by atoms with E-state index in [9.17, 15) is 14.7 Å². The van der Waals surface area contributed by atoms with Gasteiger partial charge in [0.05, 0.1) is 24.0 Å². The molecule has 4 atom stereocenters. The fraction of sp³-hybridized carbons (Fsp3) is 0.467. The van der Waals surface area contributed by atoms with E-state index >= 15 is 0 Å². The Bertz CT molecular complexity index is 603. The molecule has 0 aromatic heterocycles. The number of carboxylic acids is 1. The first-order chi connectivity index (χ1) is 9.97. The van der Waals surface area contributed by atoms with E-state index in [2.05, 4.69) is 21.2 Å². The van der Waals surface area contributed by atoms with Gasteiger partial charge in [-0.1, -0.05) is 15.9 Å². The number of amides is 1. The van der Waals surface area contributed by atoms with Crippen LogP contribution in [0.2, 0.25) is 0 Å². The molecule has 0 spiro atoms. The van der Waals surface area contributed by atoms with Crippen LogP contribution in [-0.4, -0.2) is 29.2 Å². The van der Waals surface area contributed by atoms with E-state index in [0.29, 0.717) is 5.69 Å². The van der Waals surface area contributed by atoms with E-state index in [-0.39, 0.29) is 18.1 Å². The predicted molar refractivity (Wildman–Crippen MR) is 80.0 cm³/mol. The molecule has 2 aliphatic heterocycles. The van der Waals surface area contributed by atoms with Gasteiger partial charge in [-0.25, -0.2) is 0 Å². The first-order valence-corrected chi connectivity index (χ1v) is 7.72. The summed E-state index contributed by atoms with van der Waals surface area (Å²) in [6, 6.07) is 5.55. The monoisotopic (exact) mass is 353 g/mol. The number of aryl methyl sites for hydroxylation is 1. The van der Waals surface area contributed by atoms with E-state index in [4.69, 9.17) is 4.74 Å².